The van der Waals surface area contributed by atoms with Gasteiger partial charge in [-0.2, -0.15) is 0 Å². The zero-order valence-corrected chi connectivity index (χ0v) is 10.1. The summed E-state index contributed by atoms with van der Waals surface area (Å²) in [5, 5.41) is -0.672. The Bertz CT molecular complexity index is 486. The first-order valence-electron chi connectivity index (χ1n) is 5.47. The molecule has 1 aromatic rings. The summed E-state index contributed by atoms with van der Waals surface area (Å²) in [5.74, 6) is 0.271. The van der Waals surface area contributed by atoms with Crippen LogP contribution < -0.4 is 5.56 Å². The van der Waals surface area contributed by atoms with Crippen molar-refractivity contribution < 1.29 is 4.79 Å². The van der Waals surface area contributed by atoms with E-state index in [4.69, 9.17) is 11.6 Å². The molecule has 0 saturated heterocycles. The van der Waals surface area contributed by atoms with Crippen LogP contribution in [0.3, 0.4) is 0 Å². The molecule has 3 nitrogen and oxygen atoms in total. The molecule has 0 radical (unpaired) electrons. The van der Waals surface area contributed by atoms with E-state index in [9.17, 15) is 9.59 Å². The van der Waals surface area contributed by atoms with Crippen molar-refractivity contribution in [3.8, 4) is 0 Å². The topological polar surface area (TPSA) is 39.1 Å². The lowest BCUT2D eigenvalue weighted by molar-refractivity contribution is 0.107. The largest absolute Gasteiger partial charge is 0.309 e. The average Bonchev–Trinajstić information content (AvgIpc) is 2.99. The van der Waals surface area contributed by atoms with Crippen molar-refractivity contribution in [2.24, 2.45) is 0 Å². The Kier molecular flexibility index (Phi) is 2.89. The smallest absolute Gasteiger partial charge is 0.263 e. The summed E-state index contributed by atoms with van der Waals surface area (Å²) in [6, 6.07) is 3.63. The first-order valence-corrected chi connectivity index (χ1v) is 5.85. The molecular formula is C12H14ClNO2. The van der Waals surface area contributed by atoms with Crippen molar-refractivity contribution in [1.29, 1.82) is 0 Å². The molecule has 0 amide bonds. The van der Waals surface area contributed by atoms with Gasteiger partial charge in [0.1, 0.15) is 0 Å². The Morgan fingerprint density at radius 2 is 2.06 bits per heavy atom. The third-order valence-electron chi connectivity index (χ3n) is 2.86. The zero-order chi connectivity index (χ0) is 11.9. The van der Waals surface area contributed by atoms with Crippen LogP contribution in [-0.4, -0.2) is 9.81 Å². The standard InChI is InChI=1S/C12H14ClNO2/c1-7(2)10-6-5-9(11(13)15)12(16)14(10)8-3-4-8/h5-8H,3-4H2,1-2H3. The fourth-order valence-corrected chi connectivity index (χ4v) is 2.04. The van der Waals surface area contributed by atoms with E-state index in [0.29, 0.717) is 0 Å². The fraction of sp³-hybridized carbons (Fsp3) is 0.500. The number of rotatable bonds is 3. The lowest BCUT2D eigenvalue weighted by atomic mass is 10.1. The van der Waals surface area contributed by atoms with Crippen LogP contribution in [0.2, 0.25) is 0 Å². The SMILES string of the molecule is CC(C)c1ccc(C(=O)Cl)c(=O)n1C1CC1. The number of hydrogen-bond donors (Lipinski definition) is 0. The molecule has 1 heterocycles. The minimum absolute atomic E-state index is 0.0815. The van der Waals surface area contributed by atoms with Gasteiger partial charge in [0.15, 0.2) is 0 Å². The molecule has 1 aliphatic rings. The van der Waals surface area contributed by atoms with Gasteiger partial charge < -0.3 is 4.57 Å². The van der Waals surface area contributed by atoms with Gasteiger partial charge in [0, 0.05) is 11.7 Å². The van der Waals surface area contributed by atoms with E-state index in [-0.39, 0.29) is 23.1 Å². The summed E-state index contributed by atoms with van der Waals surface area (Å²) in [6.07, 6.45) is 2.03. The molecule has 1 fully saturated rings. The number of pyridine rings is 1. The Balaban J connectivity index is 2.63. The van der Waals surface area contributed by atoms with E-state index < -0.39 is 5.24 Å². The highest BCUT2D eigenvalue weighted by atomic mass is 35.5. The second-order valence-electron chi connectivity index (χ2n) is 4.51. The van der Waals surface area contributed by atoms with Crippen molar-refractivity contribution in [3.63, 3.8) is 0 Å². The second kappa shape index (κ2) is 4.06. The van der Waals surface area contributed by atoms with Gasteiger partial charge in [-0.15, -0.1) is 0 Å². The highest BCUT2D eigenvalue weighted by Gasteiger charge is 2.28. The quantitative estimate of drug-likeness (QED) is 0.761. The third-order valence-corrected chi connectivity index (χ3v) is 3.07. The van der Waals surface area contributed by atoms with Crippen LogP contribution in [0.5, 0.6) is 0 Å². The van der Waals surface area contributed by atoms with E-state index >= 15 is 0 Å². The molecule has 0 spiro atoms. The van der Waals surface area contributed by atoms with Crippen LogP contribution in [0.4, 0.5) is 0 Å². The molecule has 2 rings (SSSR count). The minimum atomic E-state index is -0.672. The van der Waals surface area contributed by atoms with Gasteiger partial charge in [-0.05, 0) is 42.5 Å². The molecule has 0 N–H and O–H groups in total. The number of halogens is 1. The predicted molar refractivity (Wildman–Crippen MR) is 63.2 cm³/mol. The van der Waals surface area contributed by atoms with Crippen LogP contribution in [0, 0.1) is 0 Å². The molecule has 86 valence electrons. The molecular weight excluding hydrogens is 226 g/mol. The van der Waals surface area contributed by atoms with Crippen molar-refractivity contribution >= 4 is 16.8 Å². The molecule has 0 bridgehead atoms. The van der Waals surface area contributed by atoms with Crippen molar-refractivity contribution in [1.82, 2.24) is 4.57 Å². The van der Waals surface area contributed by atoms with Crippen LogP contribution in [0.15, 0.2) is 16.9 Å². The third kappa shape index (κ3) is 1.92. The van der Waals surface area contributed by atoms with Crippen molar-refractivity contribution in [2.45, 2.75) is 38.6 Å². The number of carbonyl (C=O) groups excluding carboxylic acids is 1. The zero-order valence-electron chi connectivity index (χ0n) is 9.37. The molecule has 16 heavy (non-hydrogen) atoms. The Labute approximate surface area is 99.0 Å². The summed E-state index contributed by atoms with van der Waals surface area (Å²) in [6.45, 7) is 4.08. The lowest BCUT2D eigenvalue weighted by Gasteiger charge is -2.15. The Morgan fingerprint density at radius 1 is 1.44 bits per heavy atom. The van der Waals surface area contributed by atoms with Crippen molar-refractivity contribution in [2.75, 3.05) is 0 Å². The van der Waals surface area contributed by atoms with E-state index in [1.165, 1.54) is 6.07 Å². The maximum absolute atomic E-state index is 12.1. The molecule has 0 aromatic carbocycles. The van der Waals surface area contributed by atoms with Crippen LogP contribution in [-0.2, 0) is 0 Å². The maximum atomic E-state index is 12.1. The van der Waals surface area contributed by atoms with E-state index in [1.54, 1.807) is 4.57 Å². The Hall–Kier alpha value is -1.09. The summed E-state index contributed by atoms with van der Waals surface area (Å²) in [4.78, 5) is 23.2. The monoisotopic (exact) mass is 239 g/mol. The minimum Gasteiger partial charge on any atom is -0.309 e. The van der Waals surface area contributed by atoms with Gasteiger partial charge in [0.25, 0.3) is 10.8 Å². The highest BCUT2D eigenvalue weighted by Crippen LogP contribution is 2.36. The normalized spacial score (nSPS) is 15.5. The summed E-state index contributed by atoms with van der Waals surface area (Å²) in [5.41, 5.74) is 0.820. The van der Waals surface area contributed by atoms with Gasteiger partial charge in [0.05, 0.1) is 5.56 Å². The van der Waals surface area contributed by atoms with Crippen LogP contribution in [0.1, 0.15) is 54.7 Å². The van der Waals surface area contributed by atoms with Gasteiger partial charge in [-0.1, -0.05) is 13.8 Å². The van der Waals surface area contributed by atoms with E-state index in [0.717, 1.165) is 18.5 Å². The first-order chi connectivity index (χ1) is 7.52. The van der Waals surface area contributed by atoms with Gasteiger partial charge in [-0.3, -0.25) is 9.59 Å². The van der Waals surface area contributed by atoms with Crippen LogP contribution in [0.25, 0.3) is 0 Å². The molecule has 0 unspecified atom stereocenters. The van der Waals surface area contributed by atoms with Gasteiger partial charge >= 0.3 is 0 Å². The number of aromatic nitrogens is 1. The summed E-state index contributed by atoms with van der Waals surface area (Å²) >= 11 is 5.39. The molecule has 4 heteroatoms. The lowest BCUT2D eigenvalue weighted by Crippen LogP contribution is -2.27. The molecule has 1 saturated carbocycles. The fourth-order valence-electron chi connectivity index (χ4n) is 1.90. The first kappa shape index (κ1) is 11.4. The Morgan fingerprint density at radius 3 is 2.50 bits per heavy atom. The predicted octanol–water partition coefficient (Wildman–Crippen LogP) is 2.69. The second-order valence-corrected chi connectivity index (χ2v) is 4.85. The number of hydrogen-bond acceptors (Lipinski definition) is 2. The molecule has 0 aliphatic heterocycles. The number of carbonyl (C=O) groups is 1. The molecule has 0 atom stereocenters. The summed E-state index contributed by atoms with van der Waals surface area (Å²) in [7, 11) is 0. The van der Waals surface area contributed by atoms with E-state index in [1.807, 2.05) is 19.9 Å². The van der Waals surface area contributed by atoms with Gasteiger partial charge in [0.2, 0.25) is 0 Å². The van der Waals surface area contributed by atoms with E-state index in [2.05, 4.69) is 0 Å². The molecule has 1 aromatic heterocycles. The van der Waals surface area contributed by atoms with Gasteiger partial charge in [-0.25, -0.2) is 0 Å². The molecule has 1 aliphatic carbocycles. The number of nitrogens with zero attached hydrogens (tertiary/aromatic N) is 1. The highest BCUT2D eigenvalue weighted by molar-refractivity contribution is 6.67. The van der Waals surface area contributed by atoms with Crippen molar-refractivity contribution in [3.05, 3.63) is 33.7 Å². The average molecular weight is 240 g/mol. The van der Waals surface area contributed by atoms with Crippen LogP contribution >= 0.6 is 11.6 Å². The summed E-state index contributed by atoms with van der Waals surface area (Å²) < 4.78 is 1.74. The maximum Gasteiger partial charge on any atom is 0.263 e.